The average molecular weight is 90.1 g/mol. The molecule has 6 heavy (non-hydrogen) atoms. The first-order valence-electron chi connectivity index (χ1n) is 1.63. The molecule has 0 saturated heterocycles. The van der Waals surface area contributed by atoms with Crippen molar-refractivity contribution >= 4 is 6.47 Å². The lowest BCUT2D eigenvalue weighted by Gasteiger charge is -1.86. The topological polar surface area (TPSA) is 35.5 Å². The van der Waals surface area contributed by atoms with Crippen LogP contribution in [0, 0.1) is 0 Å². The first-order chi connectivity index (χ1) is 2.91. The Morgan fingerprint density at radius 2 is 2.50 bits per heavy atom. The van der Waals surface area contributed by atoms with Gasteiger partial charge in [-0.05, 0) is 6.92 Å². The molecule has 3 heteroatoms. The normalized spacial score (nSPS) is 7.50. The maximum Gasteiger partial charge on any atom is 0.330 e. The molecule has 0 N–H and O–H groups in total. The Balaban J connectivity index is 2.49. The van der Waals surface area contributed by atoms with Crippen molar-refractivity contribution in [1.29, 1.82) is 0 Å². The maximum atomic E-state index is 9.22. The van der Waals surface area contributed by atoms with Gasteiger partial charge in [0.05, 0.1) is 6.61 Å². The number of carbonyl (C=O) groups is 1. The lowest BCUT2D eigenvalue weighted by molar-refractivity contribution is -0.255. The molecule has 0 aliphatic rings. The van der Waals surface area contributed by atoms with Crippen molar-refractivity contribution in [1.82, 2.24) is 0 Å². The fraction of sp³-hybridized carbons (Fsp3) is 0.667. The molecule has 0 aliphatic heterocycles. The fourth-order valence-corrected chi connectivity index (χ4v) is 0.0958. The van der Waals surface area contributed by atoms with Gasteiger partial charge in [0, 0.05) is 0 Å². The van der Waals surface area contributed by atoms with E-state index in [1.165, 1.54) is 0 Å². The summed E-state index contributed by atoms with van der Waals surface area (Å²) in [6, 6.07) is 0. The van der Waals surface area contributed by atoms with E-state index in [0.29, 0.717) is 6.61 Å². The van der Waals surface area contributed by atoms with Gasteiger partial charge >= 0.3 is 6.47 Å². The highest BCUT2D eigenvalue weighted by Crippen LogP contribution is 1.66. The second kappa shape index (κ2) is 4.43. The smallest absolute Gasteiger partial charge is 0.302 e. The molecule has 3 nitrogen and oxygen atoms in total. The van der Waals surface area contributed by atoms with Crippen molar-refractivity contribution in [3.8, 4) is 0 Å². The molecule has 0 aromatic rings. The van der Waals surface area contributed by atoms with Crippen molar-refractivity contribution in [3.63, 3.8) is 0 Å². The van der Waals surface area contributed by atoms with E-state index in [1.54, 1.807) is 6.92 Å². The Hall–Kier alpha value is -0.570. The highest BCUT2D eigenvalue weighted by molar-refractivity contribution is 5.35. The lowest BCUT2D eigenvalue weighted by Crippen LogP contribution is -1.88. The van der Waals surface area contributed by atoms with Gasteiger partial charge in [0.1, 0.15) is 0 Å². The van der Waals surface area contributed by atoms with Crippen LogP contribution in [0.15, 0.2) is 0 Å². The van der Waals surface area contributed by atoms with Crippen molar-refractivity contribution in [2.24, 2.45) is 0 Å². The van der Waals surface area contributed by atoms with Crippen molar-refractivity contribution in [2.45, 2.75) is 6.92 Å². The number of carbonyl (C=O) groups excluding carboxylic acids is 1. The fourth-order valence-electron chi connectivity index (χ4n) is 0.0958. The Kier molecular flexibility index (Phi) is 4.01. The minimum atomic E-state index is 0.240. The van der Waals surface area contributed by atoms with Crippen LogP contribution in [0.25, 0.3) is 0 Å². The number of hydrogen-bond donors (Lipinski definition) is 0. The Morgan fingerprint density at radius 1 is 1.83 bits per heavy atom. The lowest BCUT2D eigenvalue weighted by atomic mass is 10.9. The van der Waals surface area contributed by atoms with Crippen LogP contribution in [0.3, 0.4) is 0 Å². The van der Waals surface area contributed by atoms with Crippen molar-refractivity contribution in [3.05, 3.63) is 0 Å². The molecule has 36 valence electrons. The molecular weight excluding hydrogens is 84.0 g/mol. The second-order valence-electron chi connectivity index (χ2n) is 0.599. The van der Waals surface area contributed by atoms with E-state index >= 15 is 0 Å². The summed E-state index contributed by atoms with van der Waals surface area (Å²) in [5.41, 5.74) is 0. The van der Waals surface area contributed by atoms with Crippen LogP contribution < -0.4 is 0 Å². The molecular formula is C3H6O3. The van der Waals surface area contributed by atoms with Crippen LogP contribution in [0.4, 0.5) is 0 Å². The van der Waals surface area contributed by atoms with Gasteiger partial charge in [-0.1, -0.05) is 0 Å². The molecule has 0 aliphatic carbocycles. The largest absolute Gasteiger partial charge is 0.330 e. The van der Waals surface area contributed by atoms with Gasteiger partial charge in [-0.3, -0.25) is 4.79 Å². The van der Waals surface area contributed by atoms with Gasteiger partial charge in [0.2, 0.25) is 0 Å². The average Bonchev–Trinajstić information content (AvgIpc) is 1.61. The molecule has 0 bridgehead atoms. The van der Waals surface area contributed by atoms with E-state index in [9.17, 15) is 4.79 Å². The first kappa shape index (κ1) is 5.43. The first-order valence-corrected chi connectivity index (χ1v) is 1.63. The quantitative estimate of drug-likeness (QED) is 0.213. The van der Waals surface area contributed by atoms with Crippen LogP contribution in [0.5, 0.6) is 0 Å². The molecule has 0 heterocycles. The van der Waals surface area contributed by atoms with E-state index < -0.39 is 0 Å². The van der Waals surface area contributed by atoms with Gasteiger partial charge in [-0.2, -0.15) is 4.89 Å². The summed E-state index contributed by atoms with van der Waals surface area (Å²) in [6.45, 7) is 2.37. The van der Waals surface area contributed by atoms with Gasteiger partial charge in [-0.25, -0.2) is 0 Å². The highest BCUT2D eigenvalue weighted by atomic mass is 17.2. The molecule has 0 atom stereocenters. The van der Waals surface area contributed by atoms with Crippen molar-refractivity contribution in [2.75, 3.05) is 6.61 Å². The van der Waals surface area contributed by atoms with E-state index in [1.807, 2.05) is 0 Å². The van der Waals surface area contributed by atoms with Crippen LogP contribution in [-0.2, 0) is 14.6 Å². The summed E-state index contributed by atoms with van der Waals surface area (Å²) in [6.07, 6.45) is 0. The summed E-state index contributed by atoms with van der Waals surface area (Å²) >= 11 is 0. The molecule has 0 aromatic carbocycles. The second-order valence-corrected chi connectivity index (χ2v) is 0.599. The zero-order valence-corrected chi connectivity index (χ0v) is 3.51. The summed E-state index contributed by atoms with van der Waals surface area (Å²) in [5, 5.41) is 0. The summed E-state index contributed by atoms with van der Waals surface area (Å²) in [5.74, 6) is 0. The van der Waals surface area contributed by atoms with E-state index in [-0.39, 0.29) is 6.47 Å². The molecule has 0 fully saturated rings. The third-order valence-corrected chi connectivity index (χ3v) is 0.225. The maximum absolute atomic E-state index is 9.22. The third kappa shape index (κ3) is 3.43. The Bertz CT molecular complexity index is 35.0. The van der Waals surface area contributed by atoms with Gasteiger partial charge < -0.3 is 4.89 Å². The summed E-state index contributed by atoms with van der Waals surface area (Å²) in [7, 11) is 0. The monoisotopic (exact) mass is 90.0 g/mol. The zero-order valence-electron chi connectivity index (χ0n) is 3.51. The number of rotatable bonds is 3. The van der Waals surface area contributed by atoms with Crippen molar-refractivity contribution < 1.29 is 14.6 Å². The third-order valence-electron chi connectivity index (χ3n) is 0.225. The predicted octanol–water partition coefficient (Wildman–Crippen LogP) is 0.111. The van der Waals surface area contributed by atoms with E-state index in [4.69, 9.17) is 0 Å². The standard InChI is InChI=1S/C3H6O3/c1-2-5-6-3-4/h3H,2H2,1H3. The SMILES string of the molecule is CCOOC=O. The summed E-state index contributed by atoms with van der Waals surface area (Å²) in [4.78, 5) is 17.1. The molecule has 0 aromatic heterocycles. The van der Waals surface area contributed by atoms with Crippen LogP contribution >= 0.6 is 0 Å². The Labute approximate surface area is 35.8 Å². The molecule has 0 amide bonds. The van der Waals surface area contributed by atoms with Gasteiger partial charge in [0.25, 0.3) is 0 Å². The predicted molar refractivity (Wildman–Crippen MR) is 18.8 cm³/mol. The molecule has 0 radical (unpaired) electrons. The van der Waals surface area contributed by atoms with E-state index in [0.717, 1.165) is 0 Å². The van der Waals surface area contributed by atoms with Gasteiger partial charge in [-0.15, -0.1) is 0 Å². The molecule has 0 spiro atoms. The molecule has 0 saturated carbocycles. The summed E-state index contributed by atoms with van der Waals surface area (Å²) < 4.78 is 0. The van der Waals surface area contributed by atoms with Gasteiger partial charge in [0.15, 0.2) is 0 Å². The van der Waals surface area contributed by atoms with Crippen LogP contribution in [0.1, 0.15) is 6.92 Å². The minimum Gasteiger partial charge on any atom is -0.302 e. The van der Waals surface area contributed by atoms with E-state index in [2.05, 4.69) is 9.78 Å². The van der Waals surface area contributed by atoms with Crippen LogP contribution in [-0.4, -0.2) is 13.1 Å². The highest BCUT2D eigenvalue weighted by Gasteiger charge is 1.70. The Morgan fingerprint density at radius 3 is 2.67 bits per heavy atom. The molecule has 0 unspecified atom stereocenters. The number of hydrogen-bond acceptors (Lipinski definition) is 3. The zero-order chi connectivity index (χ0) is 4.83. The minimum absolute atomic E-state index is 0.240. The van der Waals surface area contributed by atoms with Crippen LogP contribution in [0.2, 0.25) is 0 Å². The molecule has 0 rings (SSSR count).